The van der Waals surface area contributed by atoms with Gasteiger partial charge in [-0.05, 0) is 12.8 Å². The molecule has 3 nitrogen and oxygen atoms in total. The quantitative estimate of drug-likeness (QED) is 0.554. The molecule has 0 saturated heterocycles. The third-order valence-corrected chi connectivity index (χ3v) is 2.90. The first-order valence-electron chi connectivity index (χ1n) is 5.36. The van der Waals surface area contributed by atoms with Crippen LogP contribution in [-0.4, -0.2) is 34.6 Å². The van der Waals surface area contributed by atoms with Crippen LogP contribution in [0.1, 0.15) is 39.0 Å². The first-order chi connectivity index (χ1) is 6.66. The molecule has 0 aromatic carbocycles. The van der Waals surface area contributed by atoms with Crippen LogP contribution in [-0.2, 0) is 0 Å². The highest BCUT2D eigenvalue weighted by atomic mass is 16.3. The van der Waals surface area contributed by atoms with Crippen molar-refractivity contribution in [3.05, 3.63) is 6.92 Å². The molecule has 0 aliphatic rings. The van der Waals surface area contributed by atoms with E-state index in [1.807, 2.05) is 0 Å². The molecule has 0 aliphatic carbocycles. The Kier molecular flexibility index (Phi) is 7.15. The number of aliphatic hydroxyl groups is 3. The molecule has 14 heavy (non-hydrogen) atoms. The molecule has 0 aromatic rings. The largest absolute Gasteiger partial charge is 0.396 e. The van der Waals surface area contributed by atoms with E-state index in [0.29, 0.717) is 12.8 Å². The lowest BCUT2D eigenvalue weighted by Crippen LogP contribution is -2.41. The summed E-state index contributed by atoms with van der Waals surface area (Å²) in [6.07, 6.45) is 3.22. The highest BCUT2D eigenvalue weighted by Gasteiger charge is 2.35. The third kappa shape index (κ3) is 3.56. The van der Waals surface area contributed by atoms with Crippen molar-refractivity contribution in [2.24, 2.45) is 5.41 Å². The van der Waals surface area contributed by atoms with Crippen molar-refractivity contribution in [1.82, 2.24) is 0 Å². The fourth-order valence-electron chi connectivity index (χ4n) is 1.80. The summed E-state index contributed by atoms with van der Waals surface area (Å²) in [4.78, 5) is 0. The SMILES string of the molecule is [CH2]CCC(CO)(CCCC)C(O)CO. The van der Waals surface area contributed by atoms with Crippen LogP contribution in [0.3, 0.4) is 0 Å². The fraction of sp³-hybridized carbons (Fsp3) is 0.909. The Balaban J connectivity index is 4.41. The van der Waals surface area contributed by atoms with Crippen LogP contribution in [0.2, 0.25) is 0 Å². The molecular weight excluding hydrogens is 180 g/mol. The van der Waals surface area contributed by atoms with Gasteiger partial charge in [-0.25, -0.2) is 0 Å². The summed E-state index contributed by atoms with van der Waals surface area (Å²) in [7, 11) is 0. The highest BCUT2D eigenvalue weighted by Crippen LogP contribution is 2.33. The standard InChI is InChI=1S/C11H23O3/c1-3-5-7-11(9-13,6-4-2)10(14)8-12/h10,12-14H,2-9H2,1H3. The van der Waals surface area contributed by atoms with Crippen LogP contribution in [0.25, 0.3) is 0 Å². The number of rotatable bonds is 8. The normalized spacial score (nSPS) is 17.8. The van der Waals surface area contributed by atoms with Crippen molar-refractivity contribution in [3.63, 3.8) is 0 Å². The predicted octanol–water partition coefficient (Wildman–Crippen LogP) is 1.12. The molecule has 0 spiro atoms. The Bertz CT molecular complexity index is 138. The number of aliphatic hydroxyl groups excluding tert-OH is 3. The van der Waals surface area contributed by atoms with Crippen molar-refractivity contribution in [2.45, 2.75) is 45.1 Å². The molecule has 0 aromatic heterocycles. The van der Waals surface area contributed by atoms with E-state index in [9.17, 15) is 10.2 Å². The third-order valence-electron chi connectivity index (χ3n) is 2.90. The Morgan fingerprint density at radius 2 is 1.93 bits per heavy atom. The number of unbranched alkanes of at least 4 members (excludes halogenated alkanes) is 1. The van der Waals surface area contributed by atoms with Gasteiger partial charge in [0.25, 0.3) is 0 Å². The molecule has 0 fully saturated rings. The second kappa shape index (κ2) is 7.21. The maximum absolute atomic E-state index is 9.69. The Morgan fingerprint density at radius 1 is 1.29 bits per heavy atom. The van der Waals surface area contributed by atoms with Crippen LogP contribution in [0.5, 0.6) is 0 Å². The fourth-order valence-corrected chi connectivity index (χ4v) is 1.80. The minimum Gasteiger partial charge on any atom is -0.396 e. The second-order valence-corrected chi connectivity index (χ2v) is 3.93. The van der Waals surface area contributed by atoms with Crippen LogP contribution in [0.4, 0.5) is 0 Å². The average molecular weight is 203 g/mol. The molecule has 1 radical (unpaired) electrons. The van der Waals surface area contributed by atoms with E-state index in [4.69, 9.17) is 5.11 Å². The van der Waals surface area contributed by atoms with Gasteiger partial charge in [0.1, 0.15) is 0 Å². The van der Waals surface area contributed by atoms with Crippen molar-refractivity contribution >= 4 is 0 Å². The molecule has 3 N–H and O–H groups in total. The topological polar surface area (TPSA) is 60.7 Å². The van der Waals surface area contributed by atoms with E-state index in [0.717, 1.165) is 19.3 Å². The maximum atomic E-state index is 9.69. The molecule has 2 unspecified atom stereocenters. The zero-order valence-corrected chi connectivity index (χ0v) is 9.08. The van der Waals surface area contributed by atoms with E-state index in [-0.39, 0.29) is 13.2 Å². The first-order valence-corrected chi connectivity index (χ1v) is 5.36. The van der Waals surface area contributed by atoms with Crippen LogP contribution >= 0.6 is 0 Å². The van der Waals surface area contributed by atoms with Gasteiger partial charge in [-0.15, -0.1) is 0 Å². The zero-order chi connectivity index (χ0) is 11.0. The summed E-state index contributed by atoms with van der Waals surface area (Å²) >= 11 is 0. The maximum Gasteiger partial charge on any atom is 0.0848 e. The lowest BCUT2D eigenvalue weighted by molar-refractivity contribution is -0.0573. The van der Waals surface area contributed by atoms with E-state index < -0.39 is 11.5 Å². The summed E-state index contributed by atoms with van der Waals surface area (Å²) in [5.74, 6) is 0. The van der Waals surface area contributed by atoms with Gasteiger partial charge in [0, 0.05) is 5.41 Å². The second-order valence-electron chi connectivity index (χ2n) is 3.93. The van der Waals surface area contributed by atoms with Crippen molar-refractivity contribution < 1.29 is 15.3 Å². The van der Waals surface area contributed by atoms with Crippen molar-refractivity contribution in [2.75, 3.05) is 13.2 Å². The van der Waals surface area contributed by atoms with Gasteiger partial charge < -0.3 is 15.3 Å². The van der Waals surface area contributed by atoms with Crippen molar-refractivity contribution in [1.29, 1.82) is 0 Å². The van der Waals surface area contributed by atoms with E-state index in [1.54, 1.807) is 0 Å². The Labute approximate surface area is 86.8 Å². The van der Waals surface area contributed by atoms with E-state index in [2.05, 4.69) is 13.8 Å². The summed E-state index contributed by atoms with van der Waals surface area (Å²) in [5, 5.41) is 28.0. The van der Waals surface area contributed by atoms with Crippen LogP contribution < -0.4 is 0 Å². The van der Waals surface area contributed by atoms with E-state index in [1.165, 1.54) is 0 Å². The minimum atomic E-state index is -0.833. The van der Waals surface area contributed by atoms with Gasteiger partial charge in [-0.3, -0.25) is 0 Å². The summed E-state index contributed by atoms with van der Waals surface area (Å²) in [5.41, 5.74) is -0.549. The Morgan fingerprint density at radius 3 is 2.29 bits per heavy atom. The molecule has 85 valence electrons. The van der Waals surface area contributed by atoms with Gasteiger partial charge in [-0.2, -0.15) is 0 Å². The number of hydrogen-bond donors (Lipinski definition) is 3. The molecule has 3 heteroatoms. The van der Waals surface area contributed by atoms with E-state index >= 15 is 0 Å². The van der Waals surface area contributed by atoms with Crippen LogP contribution in [0, 0.1) is 12.3 Å². The number of hydrogen-bond acceptors (Lipinski definition) is 3. The lowest BCUT2D eigenvalue weighted by Gasteiger charge is -2.35. The van der Waals surface area contributed by atoms with Gasteiger partial charge in [-0.1, -0.05) is 33.1 Å². The summed E-state index contributed by atoms with van der Waals surface area (Å²) in [6, 6.07) is 0. The summed E-state index contributed by atoms with van der Waals surface area (Å²) in [6.45, 7) is 5.44. The zero-order valence-electron chi connectivity index (χ0n) is 9.08. The molecule has 0 heterocycles. The minimum absolute atomic E-state index is 0.0791. The average Bonchev–Trinajstić information content (AvgIpc) is 2.23. The Hall–Kier alpha value is -0.120. The predicted molar refractivity (Wildman–Crippen MR) is 56.7 cm³/mol. The molecule has 0 amide bonds. The first kappa shape index (κ1) is 13.9. The molecule has 0 aliphatic heterocycles. The highest BCUT2D eigenvalue weighted by molar-refractivity contribution is 4.86. The monoisotopic (exact) mass is 203 g/mol. The molecule has 2 atom stereocenters. The lowest BCUT2D eigenvalue weighted by atomic mass is 9.75. The molecular formula is C11H23O3. The molecule has 0 rings (SSSR count). The van der Waals surface area contributed by atoms with Gasteiger partial charge in [0.05, 0.1) is 19.3 Å². The van der Waals surface area contributed by atoms with Gasteiger partial charge in [0.15, 0.2) is 0 Å². The summed E-state index contributed by atoms with van der Waals surface area (Å²) < 4.78 is 0. The van der Waals surface area contributed by atoms with Crippen LogP contribution in [0.15, 0.2) is 0 Å². The van der Waals surface area contributed by atoms with Gasteiger partial charge in [0.2, 0.25) is 0 Å². The van der Waals surface area contributed by atoms with Crippen molar-refractivity contribution in [3.8, 4) is 0 Å². The van der Waals surface area contributed by atoms with Gasteiger partial charge >= 0.3 is 0 Å². The molecule has 0 bridgehead atoms. The smallest absolute Gasteiger partial charge is 0.0848 e. The molecule has 0 saturated carbocycles.